The summed E-state index contributed by atoms with van der Waals surface area (Å²) in [6, 6.07) is -5.92. The maximum Gasteiger partial charge on any atom is 0.326 e. The minimum atomic E-state index is -1.71. The predicted molar refractivity (Wildman–Crippen MR) is 393 cm³/mol. The number of carboxylic acids is 1. The Kier molecular flexibility index (Phi) is 36.7. The van der Waals surface area contributed by atoms with E-state index in [1.807, 2.05) is 6.26 Å². The van der Waals surface area contributed by atoms with Gasteiger partial charge in [0.25, 0.3) is 0 Å². The minimum absolute atomic E-state index is 0.00790. The average molecular weight is 1510 g/mol. The Labute approximate surface area is 622 Å². The number of aliphatic imine (C=N–C) groups is 2. The molecule has 590 valence electrons. The van der Waals surface area contributed by atoms with Gasteiger partial charge in [-0.25, -0.2) is 4.79 Å². The van der Waals surface area contributed by atoms with Crippen molar-refractivity contribution in [3.63, 3.8) is 0 Å². The van der Waals surface area contributed by atoms with Gasteiger partial charge in [0.1, 0.15) is 72.5 Å². The summed E-state index contributed by atoms with van der Waals surface area (Å²) in [6.07, 6.45) is 5.40. The molecule has 0 spiro atoms. The van der Waals surface area contributed by atoms with Crippen LogP contribution in [0.2, 0.25) is 0 Å². The molecule has 1 aromatic carbocycles. The van der Waals surface area contributed by atoms with Crippen LogP contribution in [0.5, 0.6) is 0 Å². The van der Waals surface area contributed by atoms with Gasteiger partial charge in [0, 0.05) is 45.6 Å². The molecule has 4 aliphatic rings. The maximum absolute atomic E-state index is 14.5. The van der Waals surface area contributed by atoms with Crippen molar-refractivity contribution in [1.82, 2.24) is 67.9 Å². The first kappa shape index (κ1) is 87.2. The van der Waals surface area contributed by atoms with Crippen molar-refractivity contribution < 1.29 is 77.3 Å². The number of carbonyl (C=O) groups is 14. The van der Waals surface area contributed by atoms with Gasteiger partial charge in [0.15, 0.2) is 11.9 Å². The molecule has 12 atom stereocenters. The minimum Gasteiger partial charge on any atom is -0.480 e. The van der Waals surface area contributed by atoms with Crippen LogP contribution in [0.4, 0.5) is 0 Å². The zero-order valence-electron chi connectivity index (χ0n) is 61.4. The van der Waals surface area contributed by atoms with Crippen LogP contribution in [0.1, 0.15) is 149 Å². The van der Waals surface area contributed by atoms with Gasteiger partial charge in [0.2, 0.25) is 76.8 Å². The molecule has 36 nitrogen and oxygen atoms in total. The van der Waals surface area contributed by atoms with E-state index in [4.69, 9.17) is 28.7 Å². The third-order valence-corrected chi connectivity index (χ3v) is 19.3. The lowest BCUT2D eigenvalue weighted by molar-refractivity contribution is -0.145. The largest absolute Gasteiger partial charge is 0.480 e. The van der Waals surface area contributed by atoms with Gasteiger partial charge in [-0.15, -0.1) is 0 Å². The lowest BCUT2D eigenvalue weighted by atomic mass is 10.0. The van der Waals surface area contributed by atoms with E-state index < -0.39 is 163 Å². The van der Waals surface area contributed by atoms with E-state index in [2.05, 4.69) is 63.2 Å². The molecular weight excluding hydrogens is 1400 g/mol. The molecule has 5 rings (SSSR count). The first-order chi connectivity index (χ1) is 50.5. The van der Waals surface area contributed by atoms with Crippen molar-refractivity contribution in [2.75, 3.05) is 64.4 Å². The van der Waals surface area contributed by atoms with E-state index in [-0.39, 0.29) is 159 Å². The SMILES string of the molecule is CSCC[C@H](NC(=O)[C@@H]1CCCN1C(=O)CNC(=O)[C@H](CCCCN)NC(=O)[C@H](CC(C)C)NC(=O)[C@H](CO)NC(=O)[C@H](CC(C)C)NC(=O)[C@H](CCCN=C(N)N)NC(=O)[C@@H]1CCCN1C(=O)[C@H](CCCN=C(N)N)NC(=O)[C@@H]1CCC(=O)N1)C(=O)N1CCC[C@H]1C(=O)N[C@@H](Cc1ccccc1)C(=O)O. The summed E-state index contributed by atoms with van der Waals surface area (Å²) in [6.45, 7) is 6.26. The van der Waals surface area contributed by atoms with E-state index in [1.165, 1.54) is 26.5 Å². The molecule has 4 fully saturated rings. The van der Waals surface area contributed by atoms with Gasteiger partial charge < -0.3 is 107 Å². The summed E-state index contributed by atoms with van der Waals surface area (Å²) >= 11 is 1.43. The summed E-state index contributed by atoms with van der Waals surface area (Å²) in [5, 5.41) is 47.2. The Morgan fingerprint density at radius 2 is 0.972 bits per heavy atom. The maximum atomic E-state index is 14.5. The molecule has 0 saturated carbocycles. The predicted octanol–water partition coefficient (Wildman–Crippen LogP) is -4.37. The number of aliphatic carboxylic acids is 1. The Balaban J connectivity index is 1.24. The molecule has 0 bridgehead atoms. The van der Waals surface area contributed by atoms with Crippen LogP contribution < -0.4 is 81.8 Å². The molecule has 4 heterocycles. The van der Waals surface area contributed by atoms with Crippen LogP contribution >= 0.6 is 11.8 Å². The third-order valence-electron chi connectivity index (χ3n) is 18.6. The summed E-state index contributed by atoms with van der Waals surface area (Å²) in [5.74, 6) is -10.8. The number of hydrogen-bond donors (Lipinski definition) is 17. The van der Waals surface area contributed by atoms with Gasteiger partial charge >= 0.3 is 5.97 Å². The van der Waals surface area contributed by atoms with Crippen LogP contribution in [0.25, 0.3) is 0 Å². The van der Waals surface area contributed by atoms with Crippen LogP contribution in [0, 0.1) is 11.8 Å². The lowest BCUT2D eigenvalue weighted by Crippen LogP contribution is -2.61. The monoisotopic (exact) mass is 1510 g/mol. The standard InChI is InChI=1S/C69H112N20O16S/c1-39(2)34-47(59(96)79-42(18-9-10-27-70)56(93)77-37-55(92)87-30-13-21-51(87)62(99)82-46(26-33-106-5)66(103)89-32-15-23-53(89)64(101)85-49(67(104)105)36-41-16-7-6-8-17-41)84-61(98)50(38-90)86-60(97)48(35-40(3)4)83-57(94)43(19-11-28-75-68(71)72)80-63(100)52-22-14-31-88(52)65(102)45(20-12-29-76-69(73)74)81-58(95)44-24-25-54(91)78-44/h6-8,16-17,39-40,42-53,90H,9-15,18-38,70H2,1-5H3,(H,77,93)(H,78,91)(H,79,96)(H,80,100)(H,81,95)(H,82,99)(H,83,94)(H,84,98)(H,85,101)(H,86,97)(H,104,105)(H4,71,72,75)(H4,73,74,76)/t42-,43-,44-,45-,46-,47-,48-,49-,50-,51-,52-,53-/m0/s1. The highest BCUT2D eigenvalue weighted by Crippen LogP contribution is 2.25. The van der Waals surface area contributed by atoms with Crippen molar-refractivity contribution in [1.29, 1.82) is 0 Å². The van der Waals surface area contributed by atoms with Crippen molar-refractivity contribution in [2.45, 2.75) is 222 Å². The Bertz CT molecular complexity index is 3250. The number of thioether (sulfide) groups is 1. The van der Waals surface area contributed by atoms with Gasteiger partial charge in [-0.3, -0.25) is 72.3 Å². The summed E-state index contributed by atoms with van der Waals surface area (Å²) < 4.78 is 0. The van der Waals surface area contributed by atoms with Gasteiger partial charge in [-0.05, 0) is 145 Å². The fraction of sp³-hybridized carbons (Fsp3) is 0.681. The first-order valence-corrected chi connectivity index (χ1v) is 37.9. The number of carbonyl (C=O) groups excluding carboxylic acids is 13. The van der Waals surface area contributed by atoms with Gasteiger partial charge in [0.05, 0.1) is 13.2 Å². The highest BCUT2D eigenvalue weighted by molar-refractivity contribution is 7.98. The Hall–Kier alpha value is -9.39. The number of carboxylic acid groups (broad SMARTS) is 1. The number of guanidine groups is 2. The molecule has 13 amide bonds. The molecule has 0 aromatic heterocycles. The van der Waals surface area contributed by atoms with Crippen LogP contribution in [0.15, 0.2) is 40.3 Å². The number of nitrogens with zero attached hydrogens (tertiary/aromatic N) is 5. The molecule has 4 aliphatic heterocycles. The molecule has 0 unspecified atom stereocenters. The Morgan fingerprint density at radius 1 is 0.538 bits per heavy atom. The topological polar surface area (TPSA) is 564 Å². The molecule has 0 aliphatic carbocycles. The molecule has 0 radical (unpaired) electrons. The van der Waals surface area contributed by atoms with E-state index >= 15 is 0 Å². The lowest BCUT2D eigenvalue weighted by Gasteiger charge is -2.31. The number of benzene rings is 1. The number of likely N-dealkylation sites (tertiary alicyclic amines) is 3. The number of unbranched alkanes of at least 4 members (excludes halogenated alkanes) is 1. The van der Waals surface area contributed by atoms with Crippen molar-refractivity contribution in [3.8, 4) is 0 Å². The third kappa shape index (κ3) is 28.2. The fourth-order valence-corrected chi connectivity index (χ4v) is 13.6. The highest BCUT2D eigenvalue weighted by atomic mass is 32.2. The van der Waals surface area contributed by atoms with Crippen molar-refractivity contribution >= 4 is 106 Å². The summed E-state index contributed by atoms with van der Waals surface area (Å²) in [7, 11) is 0. The number of amides is 13. The van der Waals surface area contributed by atoms with E-state index in [0.717, 1.165) is 0 Å². The number of aliphatic hydroxyl groups is 1. The molecule has 106 heavy (non-hydrogen) atoms. The second-order valence-electron chi connectivity index (χ2n) is 27.9. The van der Waals surface area contributed by atoms with E-state index in [1.54, 1.807) is 58.0 Å². The Morgan fingerprint density at radius 3 is 1.45 bits per heavy atom. The van der Waals surface area contributed by atoms with Crippen LogP contribution in [0.3, 0.4) is 0 Å². The zero-order chi connectivity index (χ0) is 78.2. The summed E-state index contributed by atoms with van der Waals surface area (Å²) in [5.41, 5.74) is 28.6. The second-order valence-corrected chi connectivity index (χ2v) is 28.9. The van der Waals surface area contributed by atoms with Gasteiger partial charge in [-0.2, -0.15) is 11.8 Å². The smallest absolute Gasteiger partial charge is 0.326 e. The van der Waals surface area contributed by atoms with E-state index in [0.29, 0.717) is 43.4 Å². The van der Waals surface area contributed by atoms with Crippen LogP contribution in [-0.2, 0) is 73.5 Å². The molecule has 37 heteroatoms. The number of nitrogens with one attached hydrogen (secondary N) is 10. The quantitative estimate of drug-likeness (QED) is 0.0167. The van der Waals surface area contributed by atoms with Crippen molar-refractivity contribution in [3.05, 3.63) is 35.9 Å². The molecule has 22 N–H and O–H groups in total. The highest BCUT2D eigenvalue weighted by Gasteiger charge is 2.44. The molecular formula is C69H112N20O16S. The molecule has 4 saturated heterocycles. The number of aliphatic hydroxyl groups excluding tert-OH is 1. The normalized spacial score (nSPS) is 19.2. The number of rotatable bonds is 44. The van der Waals surface area contributed by atoms with Crippen molar-refractivity contribution in [2.24, 2.45) is 50.5 Å². The zero-order valence-corrected chi connectivity index (χ0v) is 62.2. The average Bonchev–Trinajstić information content (AvgIpc) is 1.65. The second kappa shape index (κ2) is 44.5. The van der Waals surface area contributed by atoms with E-state index in [9.17, 15) is 77.3 Å². The first-order valence-electron chi connectivity index (χ1n) is 36.5. The fourth-order valence-electron chi connectivity index (χ4n) is 13.1. The van der Waals surface area contributed by atoms with Gasteiger partial charge in [-0.1, -0.05) is 58.0 Å². The number of nitrogens with two attached hydrogens (primary N) is 5. The van der Waals surface area contributed by atoms with Crippen LogP contribution in [-0.4, -0.2) is 257 Å². The summed E-state index contributed by atoms with van der Waals surface area (Å²) in [4.78, 5) is 206. The number of hydrogen-bond acceptors (Lipinski definition) is 19. The molecule has 1 aromatic rings.